The largest absolute Gasteiger partial charge is 0.375 e. The third-order valence-corrected chi connectivity index (χ3v) is 3.84. The molecule has 2 aromatic rings. The van der Waals surface area contributed by atoms with E-state index in [4.69, 9.17) is 4.74 Å². The molecule has 0 aliphatic heterocycles. The number of carbonyl (C=O) groups excluding carboxylic acids is 2. The maximum absolute atomic E-state index is 12.2. The van der Waals surface area contributed by atoms with Gasteiger partial charge in [0.15, 0.2) is 0 Å². The van der Waals surface area contributed by atoms with Crippen LogP contribution in [0.5, 0.6) is 0 Å². The first-order valence-corrected chi connectivity index (χ1v) is 8.53. The Hall–Kier alpha value is -2.86. The van der Waals surface area contributed by atoms with Crippen molar-refractivity contribution in [2.75, 3.05) is 37.9 Å². The lowest BCUT2D eigenvalue weighted by Gasteiger charge is -2.18. The number of methoxy groups -OCH3 is 1. The van der Waals surface area contributed by atoms with Crippen molar-refractivity contribution in [2.24, 2.45) is 0 Å². The van der Waals surface area contributed by atoms with Crippen LogP contribution in [-0.2, 0) is 16.0 Å². The minimum absolute atomic E-state index is 0.00621. The number of ether oxygens (including phenoxy) is 1. The molecule has 138 valence electrons. The average Bonchev–Trinajstić information content (AvgIpc) is 2.64. The molecule has 0 atom stereocenters. The zero-order chi connectivity index (χ0) is 18.8. The normalized spacial score (nSPS) is 10.2. The third-order valence-electron chi connectivity index (χ3n) is 3.84. The smallest absolute Gasteiger partial charge is 0.321 e. The molecule has 3 amide bonds. The van der Waals surface area contributed by atoms with E-state index in [2.05, 4.69) is 22.8 Å². The Morgan fingerprint density at radius 2 is 1.58 bits per heavy atom. The Bertz CT molecular complexity index is 702. The van der Waals surface area contributed by atoms with Gasteiger partial charge in [-0.1, -0.05) is 30.3 Å². The second-order valence-corrected chi connectivity index (χ2v) is 6.00. The SMILES string of the molecule is COCC(=O)Nc1ccc(NC(=O)N(C)CCCc2ccccc2)cc1. The fourth-order valence-electron chi connectivity index (χ4n) is 2.45. The molecule has 0 unspecified atom stereocenters. The van der Waals surface area contributed by atoms with Gasteiger partial charge in [0.25, 0.3) is 0 Å². The molecule has 26 heavy (non-hydrogen) atoms. The summed E-state index contributed by atoms with van der Waals surface area (Å²) in [5.41, 5.74) is 2.60. The summed E-state index contributed by atoms with van der Waals surface area (Å²) in [6.07, 6.45) is 1.84. The van der Waals surface area contributed by atoms with Gasteiger partial charge in [0.1, 0.15) is 6.61 Å². The van der Waals surface area contributed by atoms with Gasteiger partial charge in [-0.25, -0.2) is 4.79 Å². The highest BCUT2D eigenvalue weighted by Gasteiger charge is 2.09. The number of anilines is 2. The number of nitrogens with zero attached hydrogens (tertiary/aromatic N) is 1. The number of nitrogens with one attached hydrogen (secondary N) is 2. The second-order valence-electron chi connectivity index (χ2n) is 6.00. The van der Waals surface area contributed by atoms with Gasteiger partial charge < -0.3 is 20.3 Å². The molecule has 0 saturated heterocycles. The molecule has 6 heteroatoms. The number of benzene rings is 2. The first-order valence-electron chi connectivity index (χ1n) is 8.53. The molecule has 0 aliphatic rings. The fourth-order valence-corrected chi connectivity index (χ4v) is 2.45. The zero-order valence-electron chi connectivity index (χ0n) is 15.2. The topological polar surface area (TPSA) is 70.7 Å². The standard InChI is InChI=1S/C20H25N3O3/c1-23(14-6-9-16-7-4-3-5-8-16)20(25)22-18-12-10-17(11-13-18)21-19(24)15-26-2/h3-5,7-8,10-13H,6,9,14-15H2,1-2H3,(H,21,24)(H,22,25). The molecule has 2 aromatic carbocycles. The summed E-state index contributed by atoms with van der Waals surface area (Å²) in [5.74, 6) is -0.220. The predicted molar refractivity (Wildman–Crippen MR) is 103 cm³/mol. The molecular formula is C20H25N3O3. The van der Waals surface area contributed by atoms with E-state index < -0.39 is 0 Å². The monoisotopic (exact) mass is 355 g/mol. The molecule has 6 nitrogen and oxygen atoms in total. The Kier molecular flexibility index (Phi) is 7.64. The summed E-state index contributed by atoms with van der Waals surface area (Å²) >= 11 is 0. The van der Waals surface area contributed by atoms with Crippen LogP contribution in [0.4, 0.5) is 16.2 Å². The second kappa shape index (κ2) is 10.2. The number of amides is 3. The Morgan fingerprint density at radius 1 is 0.962 bits per heavy atom. The number of hydrogen-bond acceptors (Lipinski definition) is 3. The van der Waals surface area contributed by atoms with Crippen molar-refractivity contribution < 1.29 is 14.3 Å². The van der Waals surface area contributed by atoms with Crippen molar-refractivity contribution in [3.63, 3.8) is 0 Å². The highest BCUT2D eigenvalue weighted by atomic mass is 16.5. The van der Waals surface area contributed by atoms with E-state index in [1.54, 1.807) is 36.2 Å². The summed E-state index contributed by atoms with van der Waals surface area (Å²) in [7, 11) is 3.24. The van der Waals surface area contributed by atoms with E-state index >= 15 is 0 Å². The maximum Gasteiger partial charge on any atom is 0.321 e. The number of hydrogen-bond donors (Lipinski definition) is 2. The first kappa shape index (κ1) is 19.5. The zero-order valence-corrected chi connectivity index (χ0v) is 15.2. The van der Waals surface area contributed by atoms with Crippen LogP contribution < -0.4 is 10.6 Å². The third kappa shape index (κ3) is 6.57. The fraction of sp³-hybridized carbons (Fsp3) is 0.300. The Morgan fingerprint density at radius 3 is 2.19 bits per heavy atom. The lowest BCUT2D eigenvalue weighted by atomic mass is 10.1. The van der Waals surface area contributed by atoms with Crippen molar-refractivity contribution in [3.8, 4) is 0 Å². The molecule has 0 radical (unpaired) electrons. The number of rotatable bonds is 8. The van der Waals surface area contributed by atoms with Crippen LogP contribution in [0.1, 0.15) is 12.0 Å². The minimum Gasteiger partial charge on any atom is -0.375 e. The van der Waals surface area contributed by atoms with E-state index in [0.29, 0.717) is 17.9 Å². The summed E-state index contributed by atoms with van der Waals surface area (Å²) < 4.78 is 4.76. The van der Waals surface area contributed by atoms with Crippen LogP contribution in [-0.4, -0.2) is 44.1 Å². The van der Waals surface area contributed by atoms with Crippen molar-refractivity contribution in [1.29, 1.82) is 0 Å². The van der Waals surface area contributed by atoms with E-state index in [0.717, 1.165) is 12.8 Å². The molecule has 0 aliphatic carbocycles. The summed E-state index contributed by atoms with van der Waals surface area (Å²) in [6, 6.07) is 17.0. The molecular weight excluding hydrogens is 330 g/mol. The number of urea groups is 1. The molecule has 0 heterocycles. The first-order chi connectivity index (χ1) is 12.6. The summed E-state index contributed by atoms with van der Waals surface area (Å²) in [4.78, 5) is 25.3. The molecule has 0 aromatic heterocycles. The van der Waals surface area contributed by atoms with Crippen molar-refractivity contribution >= 4 is 23.3 Å². The van der Waals surface area contributed by atoms with Gasteiger partial charge in [-0.2, -0.15) is 0 Å². The van der Waals surface area contributed by atoms with Crippen LogP contribution in [0.25, 0.3) is 0 Å². The molecule has 2 rings (SSSR count). The maximum atomic E-state index is 12.2. The molecule has 0 saturated carbocycles. The van der Waals surface area contributed by atoms with Gasteiger partial charge in [0, 0.05) is 32.1 Å². The Balaban J connectivity index is 1.76. The van der Waals surface area contributed by atoms with Crippen LogP contribution >= 0.6 is 0 Å². The molecule has 0 bridgehead atoms. The molecule has 2 N–H and O–H groups in total. The summed E-state index contributed by atoms with van der Waals surface area (Å²) in [5, 5.41) is 5.55. The lowest BCUT2D eigenvalue weighted by Crippen LogP contribution is -2.32. The number of aryl methyl sites for hydroxylation is 1. The van der Waals surface area contributed by atoms with Gasteiger partial charge >= 0.3 is 6.03 Å². The molecule has 0 fully saturated rings. The average molecular weight is 355 g/mol. The lowest BCUT2D eigenvalue weighted by molar-refractivity contribution is -0.119. The predicted octanol–water partition coefficient (Wildman–Crippen LogP) is 3.37. The van der Waals surface area contributed by atoms with E-state index in [1.165, 1.54) is 12.7 Å². The van der Waals surface area contributed by atoms with Crippen LogP contribution in [0.3, 0.4) is 0 Å². The highest BCUT2D eigenvalue weighted by molar-refractivity contribution is 5.93. The van der Waals surface area contributed by atoms with Crippen molar-refractivity contribution in [1.82, 2.24) is 4.90 Å². The van der Waals surface area contributed by atoms with Crippen LogP contribution in [0, 0.1) is 0 Å². The Labute approximate surface area is 154 Å². The van der Waals surface area contributed by atoms with E-state index in [9.17, 15) is 9.59 Å². The van der Waals surface area contributed by atoms with Gasteiger partial charge in [-0.05, 0) is 42.7 Å². The van der Waals surface area contributed by atoms with Gasteiger partial charge in [0.05, 0.1) is 0 Å². The summed E-state index contributed by atoms with van der Waals surface area (Å²) in [6.45, 7) is 0.679. The number of carbonyl (C=O) groups is 2. The van der Waals surface area contributed by atoms with Crippen molar-refractivity contribution in [3.05, 3.63) is 60.2 Å². The van der Waals surface area contributed by atoms with Crippen LogP contribution in [0.2, 0.25) is 0 Å². The van der Waals surface area contributed by atoms with Gasteiger partial charge in [-0.3, -0.25) is 4.79 Å². The van der Waals surface area contributed by atoms with E-state index in [1.807, 2.05) is 18.2 Å². The van der Waals surface area contributed by atoms with Gasteiger partial charge in [-0.15, -0.1) is 0 Å². The minimum atomic E-state index is -0.220. The highest BCUT2D eigenvalue weighted by Crippen LogP contribution is 2.14. The van der Waals surface area contributed by atoms with Crippen LogP contribution in [0.15, 0.2) is 54.6 Å². The van der Waals surface area contributed by atoms with Crippen molar-refractivity contribution in [2.45, 2.75) is 12.8 Å². The van der Waals surface area contributed by atoms with Gasteiger partial charge in [0.2, 0.25) is 5.91 Å². The quantitative estimate of drug-likeness (QED) is 0.763. The van der Waals surface area contributed by atoms with E-state index in [-0.39, 0.29) is 18.5 Å². The molecule has 0 spiro atoms.